The van der Waals surface area contributed by atoms with Gasteiger partial charge < -0.3 is 10.6 Å². The molecule has 0 spiro atoms. The average molecular weight is 312 g/mol. The summed E-state index contributed by atoms with van der Waals surface area (Å²) in [6, 6.07) is 5.93. The van der Waals surface area contributed by atoms with Crippen molar-refractivity contribution in [2.24, 2.45) is 5.14 Å². The van der Waals surface area contributed by atoms with Crippen LogP contribution in [0.25, 0.3) is 0 Å². The molecule has 0 bridgehead atoms. The van der Waals surface area contributed by atoms with Crippen molar-refractivity contribution in [1.29, 1.82) is 0 Å². The third-order valence-electron chi connectivity index (χ3n) is 3.25. The van der Waals surface area contributed by atoms with Gasteiger partial charge in [-0.1, -0.05) is 6.07 Å². The van der Waals surface area contributed by atoms with Gasteiger partial charge in [0.15, 0.2) is 0 Å². The molecule has 21 heavy (non-hydrogen) atoms. The number of benzene rings is 1. The van der Waals surface area contributed by atoms with Crippen molar-refractivity contribution < 1.29 is 13.2 Å². The predicted molar refractivity (Wildman–Crippen MR) is 80.4 cm³/mol. The first-order valence-corrected chi connectivity index (χ1v) is 8.35. The lowest BCUT2D eigenvalue weighted by molar-refractivity contribution is -0.117. The molecule has 0 aromatic heterocycles. The van der Waals surface area contributed by atoms with Crippen LogP contribution in [0.3, 0.4) is 0 Å². The minimum atomic E-state index is -3.76. The van der Waals surface area contributed by atoms with Crippen LogP contribution in [0.2, 0.25) is 0 Å². The first-order valence-electron chi connectivity index (χ1n) is 6.81. The zero-order valence-electron chi connectivity index (χ0n) is 11.7. The second kappa shape index (κ2) is 6.99. The molecule has 2 rings (SSSR count). The number of rotatable bonds is 4. The number of primary sulfonamides is 1. The Balaban J connectivity index is 1.96. The number of nitrogens with zero attached hydrogens (tertiary/aromatic N) is 1. The molecular weight excluding hydrogens is 292 g/mol. The number of nitrogens with one attached hydrogen (secondary N) is 2. The van der Waals surface area contributed by atoms with E-state index in [2.05, 4.69) is 15.5 Å². The quantitative estimate of drug-likeness (QED) is 0.699. The Kier molecular flexibility index (Phi) is 5.29. The number of nitrogens with two attached hydrogens (primary N) is 1. The van der Waals surface area contributed by atoms with Gasteiger partial charge in [-0.05, 0) is 37.7 Å². The maximum atomic E-state index is 12.0. The standard InChI is InChI=1S/C13H20N4O3S/c14-21(19,20)12-4-1-3-11(9-12)16-13(18)10-17-7-2-5-15-6-8-17/h1,3-4,9,15H,2,5-8,10H2,(H,16,18)(H2,14,19,20). The molecule has 0 unspecified atom stereocenters. The number of amides is 1. The van der Waals surface area contributed by atoms with Crippen LogP contribution in [-0.4, -0.2) is 51.9 Å². The van der Waals surface area contributed by atoms with Gasteiger partial charge in [0.1, 0.15) is 0 Å². The Morgan fingerprint density at radius 3 is 2.90 bits per heavy atom. The molecule has 1 amide bonds. The summed E-state index contributed by atoms with van der Waals surface area (Å²) in [4.78, 5) is 14.1. The van der Waals surface area contributed by atoms with E-state index in [0.29, 0.717) is 12.2 Å². The Labute approximate surface area is 124 Å². The highest BCUT2D eigenvalue weighted by Crippen LogP contribution is 2.14. The SMILES string of the molecule is NS(=O)(=O)c1cccc(NC(=O)CN2CCCNCC2)c1. The normalized spacial score (nSPS) is 17.2. The highest BCUT2D eigenvalue weighted by Gasteiger charge is 2.14. The molecule has 0 aliphatic carbocycles. The lowest BCUT2D eigenvalue weighted by atomic mass is 10.3. The van der Waals surface area contributed by atoms with E-state index in [9.17, 15) is 13.2 Å². The molecule has 1 saturated heterocycles. The van der Waals surface area contributed by atoms with Gasteiger partial charge in [0, 0.05) is 18.8 Å². The van der Waals surface area contributed by atoms with Gasteiger partial charge >= 0.3 is 0 Å². The smallest absolute Gasteiger partial charge is 0.238 e. The highest BCUT2D eigenvalue weighted by atomic mass is 32.2. The molecule has 0 atom stereocenters. The number of hydrogen-bond acceptors (Lipinski definition) is 5. The van der Waals surface area contributed by atoms with E-state index in [0.717, 1.165) is 32.6 Å². The van der Waals surface area contributed by atoms with Crippen molar-refractivity contribution in [2.75, 3.05) is 38.0 Å². The number of sulfonamides is 1. The summed E-state index contributed by atoms with van der Waals surface area (Å²) < 4.78 is 22.6. The highest BCUT2D eigenvalue weighted by molar-refractivity contribution is 7.89. The molecule has 1 fully saturated rings. The van der Waals surface area contributed by atoms with Crippen molar-refractivity contribution >= 4 is 21.6 Å². The molecule has 4 N–H and O–H groups in total. The largest absolute Gasteiger partial charge is 0.325 e. The summed E-state index contributed by atoms with van der Waals surface area (Å²) in [5.74, 6) is -0.163. The molecule has 1 aliphatic heterocycles. The van der Waals surface area contributed by atoms with Crippen LogP contribution in [0.15, 0.2) is 29.2 Å². The van der Waals surface area contributed by atoms with Gasteiger partial charge in [-0.15, -0.1) is 0 Å². The van der Waals surface area contributed by atoms with Crippen LogP contribution in [0.4, 0.5) is 5.69 Å². The van der Waals surface area contributed by atoms with Crippen LogP contribution in [0.5, 0.6) is 0 Å². The van der Waals surface area contributed by atoms with Gasteiger partial charge in [-0.2, -0.15) is 0 Å². The van der Waals surface area contributed by atoms with Crippen LogP contribution in [0.1, 0.15) is 6.42 Å². The van der Waals surface area contributed by atoms with Crippen LogP contribution >= 0.6 is 0 Å². The van der Waals surface area contributed by atoms with Crippen molar-refractivity contribution in [1.82, 2.24) is 10.2 Å². The summed E-state index contributed by atoms with van der Waals surface area (Å²) in [6.45, 7) is 3.83. The summed E-state index contributed by atoms with van der Waals surface area (Å²) in [5.41, 5.74) is 0.430. The van der Waals surface area contributed by atoms with E-state index >= 15 is 0 Å². The second-order valence-electron chi connectivity index (χ2n) is 5.00. The number of carbonyl (C=O) groups excluding carboxylic acids is 1. The fourth-order valence-corrected chi connectivity index (χ4v) is 2.77. The van der Waals surface area contributed by atoms with E-state index in [4.69, 9.17) is 5.14 Å². The van der Waals surface area contributed by atoms with E-state index in [1.807, 2.05) is 0 Å². The third kappa shape index (κ3) is 5.09. The van der Waals surface area contributed by atoms with Crippen LogP contribution < -0.4 is 15.8 Å². The predicted octanol–water partition coefficient (Wildman–Crippen LogP) is -0.432. The van der Waals surface area contributed by atoms with Crippen molar-refractivity contribution in [3.05, 3.63) is 24.3 Å². The topological polar surface area (TPSA) is 105 Å². The zero-order chi connectivity index (χ0) is 15.3. The minimum Gasteiger partial charge on any atom is -0.325 e. The maximum Gasteiger partial charge on any atom is 0.238 e. The molecule has 116 valence electrons. The summed E-state index contributed by atoms with van der Waals surface area (Å²) in [6.07, 6.45) is 1.01. The summed E-state index contributed by atoms with van der Waals surface area (Å²) in [7, 11) is -3.76. The van der Waals surface area contributed by atoms with Crippen LogP contribution in [-0.2, 0) is 14.8 Å². The maximum absolute atomic E-state index is 12.0. The molecule has 1 heterocycles. The van der Waals surface area contributed by atoms with Gasteiger partial charge in [-0.3, -0.25) is 9.69 Å². The van der Waals surface area contributed by atoms with Gasteiger partial charge in [0.25, 0.3) is 0 Å². The molecule has 0 saturated carbocycles. The second-order valence-corrected chi connectivity index (χ2v) is 6.56. The Morgan fingerprint density at radius 2 is 2.14 bits per heavy atom. The van der Waals surface area contributed by atoms with Crippen molar-refractivity contribution in [2.45, 2.75) is 11.3 Å². The summed E-state index contributed by atoms with van der Waals surface area (Å²) >= 11 is 0. The lowest BCUT2D eigenvalue weighted by Gasteiger charge is -2.18. The number of anilines is 1. The van der Waals surface area contributed by atoms with Gasteiger partial charge in [0.2, 0.25) is 15.9 Å². The van der Waals surface area contributed by atoms with Gasteiger partial charge in [-0.25, -0.2) is 13.6 Å². The first kappa shape index (κ1) is 15.9. The minimum absolute atomic E-state index is 0.0146. The molecule has 1 aliphatic rings. The Bertz CT molecular complexity index is 595. The molecule has 7 nitrogen and oxygen atoms in total. The fourth-order valence-electron chi connectivity index (χ4n) is 2.21. The van der Waals surface area contributed by atoms with Crippen LogP contribution in [0, 0.1) is 0 Å². The molecule has 0 radical (unpaired) electrons. The summed E-state index contributed by atoms with van der Waals surface area (Å²) in [5, 5.41) is 11.0. The lowest BCUT2D eigenvalue weighted by Crippen LogP contribution is -2.35. The van der Waals surface area contributed by atoms with E-state index < -0.39 is 10.0 Å². The molecule has 1 aromatic rings. The average Bonchev–Trinajstić information content (AvgIpc) is 2.66. The monoisotopic (exact) mass is 312 g/mol. The third-order valence-corrected chi connectivity index (χ3v) is 4.16. The zero-order valence-corrected chi connectivity index (χ0v) is 12.5. The molecule has 8 heteroatoms. The molecular formula is C13H20N4O3S. The Hall–Kier alpha value is -1.48. The van der Waals surface area contributed by atoms with E-state index in [1.54, 1.807) is 12.1 Å². The van der Waals surface area contributed by atoms with Crippen molar-refractivity contribution in [3.8, 4) is 0 Å². The Morgan fingerprint density at radius 1 is 1.33 bits per heavy atom. The molecule has 1 aromatic carbocycles. The van der Waals surface area contributed by atoms with Crippen molar-refractivity contribution in [3.63, 3.8) is 0 Å². The van der Waals surface area contributed by atoms with E-state index in [1.165, 1.54) is 12.1 Å². The number of carbonyl (C=O) groups is 1. The first-order chi connectivity index (χ1) is 9.95. The van der Waals surface area contributed by atoms with Gasteiger partial charge in [0.05, 0.1) is 11.4 Å². The fraction of sp³-hybridized carbons (Fsp3) is 0.462. The number of hydrogen-bond donors (Lipinski definition) is 3. The van der Waals surface area contributed by atoms with E-state index in [-0.39, 0.29) is 10.8 Å².